The van der Waals surface area contributed by atoms with Crippen molar-refractivity contribution < 1.29 is 27.3 Å². The van der Waals surface area contributed by atoms with Crippen LogP contribution < -0.4 is 4.52 Å². The molecule has 6 nitrogen and oxygen atoms in total. The molecule has 0 spiro atoms. The summed E-state index contributed by atoms with van der Waals surface area (Å²) < 4.78 is 43.1. The lowest BCUT2D eigenvalue weighted by Gasteiger charge is -2.36. The zero-order chi connectivity index (χ0) is 23.9. The van der Waals surface area contributed by atoms with Gasteiger partial charge in [0.15, 0.2) is 8.32 Å². The van der Waals surface area contributed by atoms with Crippen molar-refractivity contribution in [2.24, 2.45) is 0 Å². The van der Waals surface area contributed by atoms with Gasteiger partial charge in [0.05, 0.1) is 24.4 Å². The average molecular weight is 473 g/mol. The van der Waals surface area contributed by atoms with E-state index in [1.807, 2.05) is 59.7 Å². The fraction of sp³-hybridized carbons (Fsp3) is 0.739. The number of hydrogen-bond donors (Lipinski definition) is 0. The van der Waals surface area contributed by atoms with Crippen LogP contribution in [-0.2, 0) is 29.4 Å². The van der Waals surface area contributed by atoms with Gasteiger partial charge in [-0.1, -0.05) is 26.8 Å². The van der Waals surface area contributed by atoms with Gasteiger partial charge in [-0.05, 0) is 77.4 Å². The zero-order valence-corrected chi connectivity index (χ0v) is 23.0. The van der Waals surface area contributed by atoms with Crippen LogP contribution in [0.25, 0.3) is 0 Å². The van der Waals surface area contributed by atoms with Gasteiger partial charge in [-0.3, -0.25) is 9.05 Å². The van der Waals surface area contributed by atoms with Gasteiger partial charge in [-0.25, -0.2) is 4.57 Å². The number of phosphoric acid groups is 1. The molecule has 1 aromatic rings. The van der Waals surface area contributed by atoms with Gasteiger partial charge < -0.3 is 13.7 Å². The van der Waals surface area contributed by atoms with Gasteiger partial charge in [-0.2, -0.15) is 0 Å². The molecule has 0 saturated carbocycles. The first-order chi connectivity index (χ1) is 13.8. The molecular formula is C23H41O6PSi. The summed E-state index contributed by atoms with van der Waals surface area (Å²) in [7, 11) is -5.90. The van der Waals surface area contributed by atoms with Gasteiger partial charge in [0.2, 0.25) is 0 Å². The third kappa shape index (κ3) is 8.30. The first-order valence-electron chi connectivity index (χ1n) is 10.9. The van der Waals surface area contributed by atoms with Crippen LogP contribution in [0.15, 0.2) is 18.2 Å². The molecule has 0 N–H and O–H groups in total. The predicted octanol–water partition coefficient (Wildman–Crippen LogP) is 7.40. The minimum atomic E-state index is -3.91. The Labute approximate surface area is 189 Å². The molecule has 178 valence electrons. The van der Waals surface area contributed by atoms with Crippen LogP contribution >= 0.6 is 7.82 Å². The summed E-state index contributed by atoms with van der Waals surface area (Å²) >= 11 is 0. The SMILES string of the molecule is CC(C)(C)OP(=O)(Oc1ccc([C@H]2CO2)cc1CO[Si](C)(C)C(C)(C)C)OC(C)(C)C. The quantitative estimate of drug-likeness (QED) is 0.223. The summed E-state index contributed by atoms with van der Waals surface area (Å²) in [5.41, 5.74) is 0.457. The fourth-order valence-electron chi connectivity index (χ4n) is 2.56. The molecule has 0 unspecified atom stereocenters. The normalized spacial score (nSPS) is 18.2. The molecule has 1 atom stereocenters. The van der Waals surface area contributed by atoms with Gasteiger partial charge in [0.25, 0.3) is 0 Å². The summed E-state index contributed by atoms with van der Waals surface area (Å²) in [6.45, 7) is 23.0. The van der Waals surface area contributed by atoms with Crippen LogP contribution in [0.4, 0.5) is 0 Å². The van der Waals surface area contributed by atoms with Crippen LogP contribution in [0.1, 0.15) is 79.5 Å². The second-order valence-electron chi connectivity index (χ2n) is 11.7. The van der Waals surface area contributed by atoms with Gasteiger partial charge in [0, 0.05) is 5.56 Å². The Balaban J connectivity index is 2.37. The molecule has 0 amide bonds. The monoisotopic (exact) mass is 472 g/mol. The molecule has 31 heavy (non-hydrogen) atoms. The van der Waals surface area contributed by atoms with E-state index in [-0.39, 0.29) is 11.1 Å². The van der Waals surface area contributed by atoms with E-state index < -0.39 is 27.3 Å². The second-order valence-corrected chi connectivity index (χ2v) is 17.9. The van der Waals surface area contributed by atoms with Crippen molar-refractivity contribution >= 4 is 16.1 Å². The molecule has 0 radical (unpaired) electrons. The lowest BCUT2D eigenvalue weighted by Crippen LogP contribution is -2.40. The maximum atomic E-state index is 13.6. The van der Waals surface area contributed by atoms with Crippen molar-refractivity contribution in [3.63, 3.8) is 0 Å². The van der Waals surface area contributed by atoms with E-state index in [1.165, 1.54) is 0 Å². The average Bonchev–Trinajstić information content (AvgIpc) is 3.33. The van der Waals surface area contributed by atoms with E-state index in [0.29, 0.717) is 19.0 Å². The van der Waals surface area contributed by atoms with Crippen LogP contribution in [0.3, 0.4) is 0 Å². The molecule has 1 heterocycles. The summed E-state index contributed by atoms with van der Waals surface area (Å²) in [6, 6.07) is 5.76. The fourth-order valence-corrected chi connectivity index (χ4v) is 5.39. The lowest BCUT2D eigenvalue weighted by molar-refractivity contribution is 0.0221. The highest BCUT2D eigenvalue weighted by Gasteiger charge is 2.40. The largest absolute Gasteiger partial charge is 0.531 e. The van der Waals surface area contributed by atoms with Crippen molar-refractivity contribution in [1.29, 1.82) is 0 Å². The minimum absolute atomic E-state index is 0.0746. The molecule has 2 rings (SSSR count). The smallest absolute Gasteiger partial charge is 0.412 e. The molecule has 1 aliphatic heterocycles. The highest BCUT2D eigenvalue weighted by atomic mass is 31.2. The molecule has 1 saturated heterocycles. The maximum Gasteiger partial charge on any atom is 0.531 e. The number of hydrogen-bond acceptors (Lipinski definition) is 6. The second kappa shape index (κ2) is 8.92. The van der Waals surface area contributed by atoms with Crippen LogP contribution in [-0.4, -0.2) is 26.1 Å². The summed E-state index contributed by atoms with van der Waals surface area (Å²) in [6.07, 6.45) is 0.101. The Bertz CT molecular complexity index is 793. The number of ether oxygens (including phenoxy) is 1. The molecule has 1 fully saturated rings. The van der Waals surface area contributed by atoms with Crippen LogP contribution in [0.2, 0.25) is 18.1 Å². The third-order valence-electron chi connectivity index (χ3n) is 5.17. The number of rotatable bonds is 8. The van der Waals surface area contributed by atoms with E-state index in [0.717, 1.165) is 11.1 Å². The van der Waals surface area contributed by atoms with E-state index >= 15 is 0 Å². The van der Waals surface area contributed by atoms with Crippen molar-refractivity contribution in [3.8, 4) is 5.75 Å². The van der Waals surface area contributed by atoms with Crippen molar-refractivity contribution in [2.45, 2.75) is 104 Å². The van der Waals surface area contributed by atoms with Gasteiger partial charge in [0.1, 0.15) is 11.9 Å². The van der Waals surface area contributed by atoms with Crippen molar-refractivity contribution in [1.82, 2.24) is 0 Å². The number of epoxide rings is 1. The first kappa shape index (κ1) is 26.6. The van der Waals surface area contributed by atoms with E-state index in [4.69, 9.17) is 22.7 Å². The Hall–Kier alpha value is -0.693. The summed E-state index contributed by atoms with van der Waals surface area (Å²) in [5, 5.41) is 0.0746. The van der Waals surface area contributed by atoms with E-state index in [2.05, 4.69) is 33.9 Å². The van der Waals surface area contributed by atoms with E-state index in [9.17, 15) is 4.57 Å². The number of benzene rings is 1. The standard InChI is InChI=1S/C23H41O6PSi/c1-21(2,3)28-30(24,29-22(4,5)6)27-19-13-12-17(20-16-25-20)14-18(19)15-26-31(10,11)23(7,8)9/h12-14,20H,15-16H2,1-11H3/t20-/m1/s1. The topological polar surface area (TPSA) is 66.5 Å². The molecule has 0 bridgehead atoms. The van der Waals surface area contributed by atoms with Crippen LogP contribution in [0.5, 0.6) is 5.75 Å². The molecule has 0 aliphatic carbocycles. The molecule has 1 aliphatic rings. The lowest BCUT2D eigenvalue weighted by atomic mass is 10.1. The van der Waals surface area contributed by atoms with Gasteiger partial charge >= 0.3 is 7.82 Å². The molecule has 8 heteroatoms. The Morgan fingerprint density at radius 3 is 1.94 bits per heavy atom. The predicted molar refractivity (Wildman–Crippen MR) is 127 cm³/mol. The van der Waals surface area contributed by atoms with Crippen LogP contribution in [0, 0.1) is 0 Å². The van der Waals surface area contributed by atoms with Crippen molar-refractivity contribution in [2.75, 3.05) is 6.61 Å². The highest BCUT2D eigenvalue weighted by Crippen LogP contribution is 2.56. The van der Waals surface area contributed by atoms with E-state index in [1.54, 1.807) is 0 Å². The van der Waals surface area contributed by atoms with Gasteiger partial charge in [-0.15, -0.1) is 0 Å². The Morgan fingerprint density at radius 1 is 1.00 bits per heavy atom. The maximum absolute atomic E-state index is 13.6. The molecule has 0 aromatic heterocycles. The Kier molecular flexibility index (Phi) is 7.64. The zero-order valence-electron chi connectivity index (χ0n) is 21.1. The molecule has 1 aromatic carbocycles. The minimum Gasteiger partial charge on any atom is -0.412 e. The number of phosphoric ester groups is 1. The summed E-state index contributed by atoms with van der Waals surface area (Å²) in [4.78, 5) is 0. The highest BCUT2D eigenvalue weighted by molar-refractivity contribution is 7.49. The summed E-state index contributed by atoms with van der Waals surface area (Å²) in [5.74, 6) is 0.444. The third-order valence-corrected chi connectivity index (χ3v) is 11.6. The first-order valence-corrected chi connectivity index (χ1v) is 15.3. The molecular weight excluding hydrogens is 431 g/mol. The Morgan fingerprint density at radius 2 is 1.52 bits per heavy atom. The van der Waals surface area contributed by atoms with Crippen molar-refractivity contribution in [3.05, 3.63) is 29.3 Å².